The largest absolute Gasteiger partial charge is 0.495 e. The standard InChI is InChI=1S/C21H21BrN2O4.C4H4O4/c1-25-19-13-23-14-20(26-2)17(19)8-5-11-27-18-9-4-10-24-21(18)28-16-7-3-6-15(22)12-16;5-3(6)1-2-4(7)8/h3-4,6-7,9-10,12-14H,5,8,11H2,1-2H3;1-2H,(H,5,6)(H,7,8)/b;2-1+. The van der Waals surface area contributed by atoms with Gasteiger partial charge in [-0.1, -0.05) is 22.0 Å². The number of hydrogen-bond donors (Lipinski definition) is 2. The fourth-order valence-corrected chi connectivity index (χ4v) is 3.20. The van der Waals surface area contributed by atoms with Crippen molar-refractivity contribution in [3.8, 4) is 28.9 Å². The van der Waals surface area contributed by atoms with Gasteiger partial charge in [-0.15, -0.1) is 0 Å². The van der Waals surface area contributed by atoms with Gasteiger partial charge in [0.25, 0.3) is 5.88 Å². The topological polar surface area (TPSA) is 137 Å². The Labute approximate surface area is 216 Å². The predicted molar refractivity (Wildman–Crippen MR) is 134 cm³/mol. The summed E-state index contributed by atoms with van der Waals surface area (Å²) in [6.07, 6.45) is 7.66. The number of carboxylic acid groups (broad SMARTS) is 2. The van der Waals surface area contributed by atoms with Gasteiger partial charge in [0.1, 0.15) is 17.2 Å². The van der Waals surface area contributed by atoms with Gasteiger partial charge in [0.05, 0.1) is 33.2 Å². The lowest BCUT2D eigenvalue weighted by Crippen LogP contribution is -2.04. The average Bonchev–Trinajstić information content (AvgIpc) is 2.86. The highest BCUT2D eigenvalue weighted by molar-refractivity contribution is 9.10. The van der Waals surface area contributed by atoms with Crippen molar-refractivity contribution >= 4 is 27.9 Å². The number of benzene rings is 1. The molecule has 3 aromatic rings. The molecule has 1 aromatic carbocycles. The second kappa shape index (κ2) is 15.0. The first kappa shape index (κ1) is 28.1. The lowest BCUT2D eigenvalue weighted by Gasteiger charge is -2.13. The van der Waals surface area contributed by atoms with Crippen molar-refractivity contribution in [1.82, 2.24) is 9.97 Å². The summed E-state index contributed by atoms with van der Waals surface area (Å²) in [5, 5.41) is 15.6. The molecule has 0 unspecified atom stereocenters. The van der Waals surface area contributed by atoms with E-state index in [-0.39, 0.29) is 0 Å². The molecule has 0 saturated carbocycles. The van der Waals surface area contributed by atoms with Gasteiger partial charge in [0.15, 0.2) is 5.75 Å². The Morgan fingerprint density at radius 3 is 2.22 bits per heavy atom. The molecular formula is C25H25BrN2O8. The van der Waals surface area contributed by atoms with Crippen LogP contribution in [0.25, 0.3) is 0 Å². The zero-order valence-electron chi connectivity index (χ0n) is 19.6. The van der Waals surface area contributed by atoms with E-state index in [4.69, 9.17) is 29.2 Å². The van der Waals surface area contributed by atoms with E-state index >= 15 is 0 Å². The number of pyridine rings is 2. The molecule has 36 heavy (non-hydrogen) atoms. The molecule has 0 radical (unpaired) electrons. The van der Waals surface area contributed by atoms with Gasteiger partial charge in [-0.05, 0) is 43.2 Å². The molecule has 0 aliphatic heterocycles. The molecule has 11 heteroatoms. The van der Waals surface area contributed by atoms with Gasteiger partial charge < -0.3 is 29.2 Å². The zero-order valence-corrected chi connectivity index (χ0v) is 21.2. The predicted octanol–water partition coefficient (Wildman–Crippen LogP) is 4.77. The molecule has 0 bridgehead atoms. The first-order valence-electron chi connectivity index (χ1n) is 10.5. The van der Waals surface area contributed by atoms with Crippen LogP contribution < -0.4 is 18.9 Å². The number of aromatic nitrogens is 2. The third-order valence-corrected chi connectivity index (χ3v) is 4.86. The van der Waals surface area contributed by atoms with E-state index in [0.717, 1.165) is 22.9 Å². The van der Waals surface area contributed by atoms with E-state index in [9.17, 15) is 9.59 Å². The number of carboxylic acids is 2. The molecule has 0 atom stereocenters. The van der Waals surface area contributed by atoms with E-state index in [1.54, 1.807) is 32.8 Å². The van der Waals surface area contributed by atoms with Crippen molar-refractivity contribution in [2.24, 2.45) is 0 Å². The Balaban J connectivity index is 0.000000493. The van der Waals surface area contributed by atoms with Crippen LogP contribution in [0.5, 0.6) is 28.9 Å². The van der Waals surface area contributed by atoms with Crippen molar-refractivity contribution in [1.29, 1.82) is 0 Å². The van der Waals surface area contributed by atoms with Crippen LogP contribution in [0.1, 0.15) is 12.0 Å². The molecular weight excluding hydrogens is 536 g/mol. The van der Waals surface area contributed by atoms with Crippen molar-refractivity contribution in [3.63, 3.8) is 0 Å². The number of ether oxygens (including phenoxy) is 4. The molecule has 2 heterocycles. The van der Waals surface area contributed by atoms with E-state index < -0.39 is 11.9 Å². The maximum Gasteiger partial charge on any atom is 0.328 e. The van der Waals surface area contributed by atoms with Crippen LogP contribution in [0.3, 0.4) is 0 Å². The molecule has 0 saturated heterocycles. The number of aliphatic carboxylic acids is 2. The van der Waals surface area contributed by atoms with E-state index in [1.807, 2.05) is 36.4 Å². The Morgan fingerprint density at radius 1 is 0.972 bits per heavy atom. The summed E-state index contributed by atoms with van der Waals surface area (Å²) in [6.45, 7) is 0.495. The minimum absolute atomic E-state index is 0.430. The SMILES string of the molecule is COc1cncc(OC)c1CCCOc1cccnc1Oc1cccc(Br)c1.O=C(O)/C=C/C(=O)O. The maximum atomic E-state index is 9.55. The Bertz CT molecular complexity index is 1150. The highest BCUT2D eigenvalue weighted by atomic mass is 79.9. The van der Waals surface area contributed by atoms with Gasteiger partial charge in [-0.25, -0.2) is 14.6 Å². The lowest BCUT2D eigenvalue weighted by atomic mass is 10.1. The lowest BCUT2D eigenvalue weighted by molar-refractivity contribution is -0.134. The summed E-state index contributed by atoms with van der Waals surface area (Å²) >= 11 is 3.43. The Morgan fingerprint density at radius 2 is 1.64 bits per heavy atom. The number of nitrogens with zero attached hydrogens (tertiary/aromatic N) is 2. The summed E-state index contributed by atoms with van der Waals surface area (Å²) < 4.78 is 23.5. The van der Waals surface area contributed by atoms with Gasteiger partial charge in [-0.3, -0.25) is 4.98 Å². The second-order valence-electron chi connectivity index (χ2n) is 6.85. The number of hydrogen-bond acceptors (Lipinski definition) is 8. The maximum absolute atomic E-state index is 9.55. The van der Waals surface area contributed by atoms with Crippen LogP contribution in [0.2, 0.25) is 0 Å². The third-order valence-electron chi connectivity index (χ3n) is 4.36. The van der Waals surface area contributed by atoms with Gasteiger partial charge in [-0.2, -0.15) is 0 Å². The molecule has 0 spiro atoms. The van der Waals surface area contributed by atoms with Crippen LogP contribution in [0.15, 0.2) is 71.6 Å². The molecule has 0 fully saturated rings. The number of methoxy groups -OCH3 is 2. The highest BCUT2D eigenvalue weighted by Gasteiger charge is 2.12. The second-order valence-corrected chi connectivity index (χ2v) is 7.77. The minimum atomic E-state index is -1.26. The van der Waals surface area contributed by atoms with E-state index in [2.05, 4.69) is 25.9 Å². The molecule has 2 N–H and O–H groups in total. The van der Waals surface area contributed by atoms with E-state index in [0.29, 0.717) is 47.6 Å². The van der Waals surface area contributed by atoms with Gasteiger partial charge >= 0.3 is 11.9 Å². The van der Waals surface area contributed by atoms with Crippen LogP contribution in [0.4, 0.5) is 0 Å². The van der Waals surface area contributed by atoms with Crippen LogP contribution in [-0.4, -0.2) is 52.9 Å². The third kappa shape index (κ3) is 9.63. The van der Waals surface area contributed by atoms with Crippen molar-refractivity contribution < 1.29 is 38.7 Å². The molecule has 0 aliphatic carbocycles. The molecule has 2 aromatic heterocycles. The monoisotopic (exact) mass is 560 g/mol. The number of rotatable bonds is 11. The first-order valence-corrected chi connectivity index (χ1v) is 11.3. The molecule has 0 amide bonds. The van der Waals surface area contributed by atoms with Crippen molar-refractivity contribution in [2.45, 2.75) is 12.8 Å². The quantitative estimate of drug-likeness (QED) is 0.249. The Hall–Kier alpha value is -4.12. The fraction of sp³-hybridized carbons (Fsp3) is 0.200. The normalized spacial score (nSPS) is 10.2. The summed E-state index contributed by atoms with van der Waals surface area (Å²) in [4.78, 5) is 27.5. The number of halogens is 1. The summed E-state index contributed by atoms with van der Waals surface area (Å²) in [5.41, 5.74) is 0.973. The fourth-order valence-electron chi connectivity index (χ4n) is 2.83. The summed E-state index contributed by atoms with van der Waals surface area (Å²) in [7, 11) is 3.25. The molecule has 0 aliphatic rings. The summed E-state index contributed by atoms with van der Waals surface area (Å²) in [5.74, 6) is 0.610. The van der Waals surface area contributed by atoms with Crippen LogP contribution in [-0.2, 0) is 16.0 Å². The van der Waals surface area contributed by atoms with Crippen LogP contribution >= 0.6 is 15.9 Å². The Kier molecular flexibility index (Phi) is 11.7. The molecule has 190 valence electrons. The zero-order chi connectivity index (χ0) is 26.3. The van der Waals surface area contributed by atoms with E-state index in [1.165, 1.54) is 0 Å². The highest BCUT2D eigenvalue weighted by Crippen LogP contribution is 2.31. The smallest absolute Gasteiger partial charge is 0.328 e. The molecule has 3 rings (SSSR count). The molecule has 10 nitrogen and oxygen atoms in total. The van der Waals surface area contributed by atoms with Crippen molar-refractivity contribution in [3.05, 3.63) is 77.2 Å². The average molecular weight is 561 g/mol. The van der Waals surface area contributed by atoms with Crippen LogP contribution in [0, 0.1) is 0 Å². The van der Waals surface area contributed by atoms with Gasteiger partial charge in [0, 0.05) is 28.4 Å². The van der Waals surface area contributed by atoms with Gasteiger partial charge in [0.2, 0.25) is 0 Å². The summed E-state index contributed by atoms with van der Waals surface area (Å²) in [6, 6.07) is 11.2. The minimum Gasteiger partial charge on any atom is -0.495 e. The number of carbonyl (C=O) groups is 2. The van der Waals surface area contributed by atoms with Crippen molar-refractivity contribution in [2.75, 3.05) is 20.8 Å². The first-order chi connectivity index (χ1) is 17.3.